The number of allylic oxidation sites excluding steroid dienone is 2. The number of rotatable bonds is 11. The average Bonchev–Trinajstić information content (AvgIpc) is 3.36. The van der Waals surface area contributed by atoms with Gasteiger partial charge in [-0.1, -0.05) is 30.7 Å². The normalized spacial score (nSPS) is 32.1. The standard InChI is InChI=1S/C27H40O6/c1-5-7-10-18(3)24(28)14-13-22-23-16-20(15-21(23)17-25(22)29)11-8-9-12-26(30)33-19(4)27(31)32-6-2/h11,13-14,18-19,21-25,28-29H,6,8-10,12,15-17H2,1-4H3/b14-13+,20-11+/t18?,19-,21-,22+,23-,24+,25+/m0/s1/i9D2,10D2,12D2. The average molecular weight is 467 g/mol. The van der Waals surface area contributed by atoms with Crippen LogP contribution in [-0.4, -0.2) is 47.1 Å². The number of carbonyl (C=O) groups is 2. The van der Waals surface area contributed by atoms with E-state index < -0.39 is 55.3 Å². The number of hydrogen-bond donors (Lipinski definition) is 2. The highest BCUT2D eigenvalue weighted by molar-refractivity contribution is 5.78. The van der Waals surface area contributed by atoms with Crippen molar-refractivity contribution in [1.82, 2.24) is 0 Å². The SMILES string of the molecule is [2H]C([2H])(C#CC)C(C)[C@H](O)/C=C/[C@@H]1[C@H]2C/C(=C/CC([2H])([2H])C([2H])([2H])C(=O)O[C@@H](C)C(=O)OCC)C[C@H]2C[C@H]1O. The minimum atomic E-state index is -3.01. The van der Waals surface area contributed by atoms with Crippen LogP contribution in [0.15, 0.2) is 23.8 Å². The molecule has 0 saturated heterocycles. The van der Waals surface area contributed by atoms with Crippen molar-refractivity contribution in [2.24, 2.45) is 23.7 Å². The van der Waals surface area contributed by atoms with E-state index in [0.29, 0.717) is 19.3 Å². The van der Waals surface area contributed by atoms with Gasteiger partial charge >= 0.3 is 11.9 Å². The fourth-order valence-corrected chi connectivity index (χ4v) is 4.44. The fraction of sp³-hybridized carbons (Fsp3) is 0.704. The number of carbonyl (C=O) groups excluding carboxylic acids is 2. The van der Waals surface area contributed by atoms with Gasteiger partial charge in [-0.2, -0.15) is 0 Å². The number of aliphatic hydroxyl groups excluding tert-OH is 2. The molecule has 0 aromatic carbocycles. The van der Waals surface area contributed by atoms with Gasteiger partial charge in [-0.15, -0.1) is 11.8 Å². The van der Waals surface area contributed by atoms with E-state index >= 15 is 0 Å². The zero-order valence-electron chi connectivity index (χ0n) is 25.8. The van der Waals surface area contributed by atoms with Crippen LogP contribution in [-0.2, 0) is 19.1 Å². The third kappa shape index (κ3) is 8.32. The van der Waals surface area contributed by atoms with Crippen LogP contribution in [0.5, 0.6) is 0 Å². The fourth-order valence-electron chi connectivity index (χ4n) is 4.44. The highest BCUT2D eigenvalue weighted by Gasteiger charge is 2.45. The van der Waals surface area contributed by atoms with Crippen molar-refractivity contribution >= 4 is 11.9 Å². The Kier molecular flexibility index (Phi) is 7.91. The predicted molar refractivity (Wildman–Crippen MR) is 127 cm³/mol. The smallest absolute Gasteiger partial charge is 0.347 e. The second kappa shape index (κ2) is 13.6. The maximum atomic E-state index is 12.4. The van der Waals surface area contributed by atoms with E-state index in [1.165, 1.54) is 19.9 Å². The van der Waals surface area contributed by atoms with E-state index in [4.69, 9.17) is 17.7 Å². The largest absolute Gasteiger partial charge is 0.463 e. The highest BCUT2D eigenvalue weighted by Crippen LogP contribution is 2.50. The van der Waals surface area contributed by atoms with Crippen LogP contribution in [0.1, 0.15) is 80.7 Å². The molecule has 2 fully saturated rings. The molecule has 0 aromatic rings. The Labute approximate surface area is 206 Å². The Balaban J connectivity index is 2.06. The molecule has 184 valence electrons. The van der Waals surface area contributed by atoms with E-state index in [-0.39, 0.29) is 30.8 Å². The Morgan fingerprint density at radius 3 is 2.79 bits per heavy atom. The molecule has 0 aromatic heterocycles. The quantitative estimate of drug-likeness (QED) is 0.272. The molecule has 6 nitrogen and oxygen atoms in total. The van der Waals surface area contributed by atoms with E-state index in [1.54, 1.807) is 26.0 Å². The van der Waals surface area contributed by atoms with E-state index in [2.05, 4.69) is 11.8 Å². The molecule has 0 radical (unpaired) electrons. The van der Waals surface area contributed by atoms with Crippen molar-refractivity contribution < 1.29 is 37.5 Å². The van der Waals surface area contributed by atoms with Crippen LogP contribution >= 0.6 is 0 Å². The molecule has 33 heavy (non-hydrogen) atoms. The molecule has 0 amide bonds. The van der Waals surface area contributed by atoms with Gasteiger partial charge in [0.1, 0.15) is 0 Å². The zero-order valence-corrected chi connectivity index (χ0v) is 19.8. The van der Waals surface area contributed by atoms with Crippen molar-refractivity contribution in [1.29, 1.82) is 0 Å². The second-order valence-corrected chi connectivity index (χ2v) is 8.56. The van der Waals surface area contributed by atoms with Gasteiger partial charge < -0.3 is 19.7 Å². The summed E-state index contributed by atoms with van der Waals surface area (Å²) in [6, 6.07) is 0. The Hall–Kier alpha value is -2.10. The summed E-state index contributed by atoms with van der Waals surface area (Å²) in [6.45, 7) is 5.97. The zero-order chi connectivity index (χ0) is 29.8. The summed E-state index contributed by atoms with van der Waals surface area (Å²) in [5.74, 6) is 1.80. The topological polar surface area (TPSA) is 93.1 Å². The maximum Gasteiger partial charge on any atom is 0.347 e. The molecule has 2 N–H and O–H groups in total. The molecule has 2 aliphatic rings. The molecular formula is C27H40O6. The van der Waals surface area contributed by atoms with Gasteiger partial charge in [0.05, 0.1) is 18.8 Å². The first-order valence-electron chi connectivity index (χ1n) is 14.5. The first kappa shape index (κ1) is 19.2. The lowest BCUT2D eigenvalue weighted by atomic mass is 9.89. The number of fused-ring (bicyclic) bond motifs is 1. The summed E-state index contributed by atoms with van der Waals surface area (Å²) in [5, 5.41) is 21.1. The maximum absolute atomic E-state index is 12.4. The summed E-state index contributed by atoms with van der Waals surface area (Å²) in [5.41, 5.74) is 0.895. The number of ether oxygens (including phenoxy) is 2. The van der Waals surface area contributed by atoms with Gasteiger partial charge in [0.2, 0.25) is 0 Å². The van der Waals surface area contributed by atoms with Gasteiger partial charge in [0.15, 0.2) is 6.10 Å². The summed E-state index contributed by atoms with van der Waals surface area (Å²) >= 11 is 0. The van der Waals surface area contributed by atoms with Crippen LogP contribution in [0.25, 0.3) is 0 Å². The molecule has 1 unspecified atom stereocenters. The van der Waals surface area contributed by atoms with E-state index in [9.17, 15) is 19.8 Å². The van der Waals surface area contributed by atoms with Crippen LogP contribution < -0.4 is 0 Å². The Bertz CT molecular complexity index is 1010. The van der Waals surface area contributed by atoms with Crippen LogP contribution in [0.3, 0.4) is 0 Å². The summed E-state index contributed by atoms with van der Waals surface area (Å²) < 4.78 is 58.2. The van der Waals surface area contributed by atoms with Crippen LogP contribution in [0.4, 0.5) is 0 Å². The Morgan fingerprint density at radius 1 is 1.33 bits per heavy atom. The van der Waals surface area contributed by atoms with E-state index in [1.807, 2.05) is 0 Å². The van der Waals surface area contributed by atoms with Gasteiger partial charge in [-0.3, -0.25) is 4.79 Å². The molecule has 2 rings (SSSR count). The highest BCUT2D eigenvalue weighted by atomic mass is 16.6. The molecule has 2 saturated carbocycles. The molecule has 0 aliphatic heterocycles. The van der Waals surface area contributed by atoms with Gasteiger partial charge in [-0.25, -0.2) is 4.79 Å². The minimum absolute atomic E-state index is 0.0372. The second-order valence-electron chi connectivity index (χ2n) is 8.56. The third-order valence-electron chi connectivity index (χ3n) is 6.16. The van der Waals surface area contributed by atoms with Gasteiger partial charge in [-0.05, 0) is 70.6 Å². The molecule has 7 atom stereocenters. The summed E-state index contributed by atoms with van der Waals surface area (Å²) in [4.78, 5) is 24.1. The third-order valence-corrected chi connectivity index (χ3v) is 6.16. The van der Waals surface area contributed by atoms with Crippen molar-refractivity contribution in [3.63, 3.8) is 0 Å². The molecule has 0 spiro atoms. The van der Waals surface area contributed by atoms with Crippen molar-refractivity contribution in [2.45, 2.75) is 90.8 Å². The monoisotopic (exact) mass is 466 g/mol. The van der Waals surface area contributed by atoms with Gasteiger partial charge in [0, 0.05) is 26.9 Å². The summed E-state index contributed by atoms with van der Waals surface area (Å²) in [6.07, 6.45) is -4.45. The van der Waals surface area contributed by atoms with Crippen LogP contribution in [0, 0.1) is 35.5 Å². The lowest BCUT2D eigenvalue weighted by molar-refractivity contribution is -0.166. The molecule has 6 heteroatoms. The Morgan fingerprint density at radius 2 is 2.09 bits per heavy atom. The first-order valence-corrected chi connectivity index (χ1v) is 11.5. The van der Waals surface area contributed by atoms with Gasteiger partial charge in [0.25, 0.3) is 0 Å². The number of hydrogen-bond acceptors (Lipinski definition) is 6. The minimum Gasteiger partial charge on any atom is -0.463 e. The molecule has 0 heterocycles. The predicted octanol–water partition coefficient (Wildman–Crippen LogP) is 3.95. The van der Waals surface area contributed by atoms with E-state index in [0.717, 1.165) is 5.57 Å². The summed E-state index contributed by atoms with van der Waals surface area (Å²) in [7, 11) is 0. The van der Waals surface area contributed by atoms with Crippen molar-refractivity contribution in [3.05, 3.63) is 23.8 Å². The van der Waals surface area contributed by atoms with Crippen molar-refractivity contribution in [3.8, 4) is 11.8 Å². The first-order chi connectivity index (χ1) is 18.0. The van der Waals surface area contributed by atoms with Crippen LogP contribution in [0.2, 0.25) is 0 Å². The lowest BCUT2D eigenvalue weighted by Crippen LogP contribution is -2.26. The lowest BCUT2D eigenvalue weighted by Gasteiger charge is -2.19. The molecule has 2 aliphatic carbocycles. The molecular weight excluding hydrogens is 420 g/mol. The van der Waals surface area contributed by atoms with Crippen molar-refractivity contribution in [2.75, 3.05) is 6.61 Å². The number of esters is 2. The molecule has 0 bridgehead atoms. The number of aliphatic hydroxyl groups is 2.